The Bertz CT molecular complexity index is 1100. The van der Waals surface area contributed by atoms with E-state index in [-0.39, 0.29) is 6.10 Å². The van der Waals surface area contributed by atoms with E-state index in [0.29, 0.717) is 0 Å². The van der Waals surface area contributed by atoms with Crippen LogP contribution in [0.5, 0.6) is 0 Å². The number of piperidine rings is 1. The highest BCUT2D eigenvalue weighted by atomic mass is 16.3. The molecule has 2 saturated heterocycles. The molecule has 2 aromatic heterocycles. The zero-order valence-electron chi connectivity index (χ0n) is 19.6. The van der Waals surface area contributed by atoms with Gasteiger partial charge in [0.1, 0.15) is 0 Å². The molecule has 3 fully saturated rings. The lowest BCUT2D eigenvalue weighted by Crippen LogP contribution is -2.47. The fourth-order valence-electron chi connectivity index (χ4n) is 5.55. The third kappa shape index (κ3) is 4.52. The number of nitrogens with one attached hydrogen (secondary N) is 1. The normalized spacial score (nSPS) is 21.2. The van der Waals surface area contributed by atoms with Gasteiger partial charge in [-0.2, -0.15) is 0 Å². The van der Waals surface area contributed by atoms with Crippen molar-refractivity contribution in [1.29, 1.82) is 0 Å². The zero-order chi connectivity index (χ0) is 22.4. The predicted octanol–water partition coefficient (Wildman–Crippen LogP) is 3.78. The van der Waals surface area contributed by atoms with Crippen molar-refractivity contribution in [3.05, 3.63) is 47.8 Å². The number of aliphatic hydroxyl groups is 1. The molecule has 0 bridgehead atoms. The van der Waals surface area contributed by atoms with Crippen molar-refractivity contribution in [2.45, 2.75) is 51.3 Å². The molecule has 2 N–H and O–H groups in total. The van der Waals surface area contributed by atoms with Crippen LogP contribution in [-0.4, -0.2) is 76.3 Å². The van der Waals surface area contributed by atoms with Crippen molar-refractivity contribution < 1.29 is 5.11 Å². The molecular weight excluding hydrogens is 410 g/mol. The summed E-state index contributed by atoms with van der Waals surface area (Å²) in [5.74, 6) is 0. The summed E-state index contributed by atoms with van der Waals surface area (Å²) in [4.78, 5) is 16.2. The molecule has 1 aliphatic carbocycles. The lowest BCUT2D eigenvalue weighted by molar-refractivity contribution is 0.0788. The van der Waals surface area contributed by atoms with Crippen LogP contribution in [0.2, 0.25) is 0 Å². The van der Waals surface area contributed by atoms with E-state index in [9.17, 15) is 5.11 Å². The lowest BCUT2D eigenvalue weighted by atomic mass is 10.1. The maximum atomic E-state index is 9.79. The van der Waals surface area contributed by atoms with Gasteiger partial charge in [-0.25, -0.2) is 0 Å². The third-order valence-electron chi connectivity index (χ3n) is 7.63. The van der Waals surface area contributed by atoms with E-state index >= 15 is 0 Å². The molecule has 3 aliphatic rings. The minimum absolute atomic E-state index is 0.132. The first-order valence-electron chi connectivity index (χ1n) is 12.6. The number of anilines is 1. The predicted molar refractivity (Wildman–Crippen MR) is 134 cm³/mol. The molecule has 6 nitrogen and oxygen atoms in total. The van der Waals surface area contributed by atoms with E-state index < -0.39 is 0 Å². The first-order valence-corrected chi connectivity index (χ1v) is 12.6. The number of rotatable bonds is 5. The van der Waals surface area contributed by atoms with E-state index in [1.165, 1.54) is 48.3 Å². The van der Waals surface area contributed by atoms with Crippen LogP contribution >= 0.6 is 0 Å². The van der Waals surface area contributed by atoms with Crippen LogP contribution < -0.4 is 4.90 Å². The molecular formula is C27H35N5O. The number of pyridine rings is 1. The van der Waals surface area contributed by atoms with Crippen LogP contribution in [0.4, 0.5) is 5.69 Å². The molecule has 0 spiro atoms. The lowest BCUT2D eigenvalue weighted by Gasteiger charge is -2.36. The Labute approximate surface area is 196 Å². The highest BCUT2D eigenvalue weighted by Crippen LogP contribution is 2.32. The monoisotopic (exact) mass is 445 g/mol. The Morgan fingerprint density at radius 1 is 0.939 bits per heavy atom. The average molecular weight is 446 g/mol. The highest BCUT2D eigenvalue weighted by molar-refractivity contribution is 5.94. The SMILES string of the molecule is Cc1cc2[nH]c(CN3CCC(O)CC3)cc2c(-c2ccc(N3CCN(C4CC4)CC3)cc2)n1. The summed E-state index contributed by atoms with van der Waals surface area (Å²) < 4.78 is 0. The quantitative estimate of drug-likeness (QED) is 0.626. The fraction of sp³-hybridized carbons (Fsp3) is 0.519. The van der Waals surface area contributed by atoms with Crippen molar-refractivity contribution in [1.82, 2.24) is 19.8 Å². The number of fused-ring (bicyclic) bond motifs is 1. The summed E-state index contributed by atoms with van der Waals surface area (Å²) in [5.41, 5.74) is 6.97. The van der Waals surface area contributed by atoms with Gasteiger partial charge in [-0.15, -0.1) is 0 Å². The number of H-pyrrole nitrogens is 1. The van der Waals surface area contributed by atoms with Gasteiger partial charge in [0.15, 0.2) is 0 Å². The smallest absolute Gasteiger partial charge is 0.0799 e. The number of hydrogen-bond donors (Lipinski definition) is 2. The summed E-state index contributed by atoms with van der Waals surface area (Å²) in [6.07, 6.45) is 4.40. The minimum atomic E-state index is -0.132. The summed E-state index contributed by atoms with van der Waals surface area (Å²) in [6, 6.07) is 14.3. The molecule has 33 heavy (non-hydrogen) atoms. The first-order chi connectivity index (χ1) is 16.1. The Balaban J connectivity index is 1.21. The van der Waals surface area contributed by atoms with Crippen molar-refractivity contribution in [3.8, 4) is 11.3 Å². The maximum absolute atomic E-state index is 9.79. The first kappa shape index (κ1) is 21.1. The number of aliphatic hydroxyl groups excluding tert-OH is 1. The van der Waals surface area contributed by atoms with Gasteiger partial charge >= 0.3 is 0 Å². The number of nitrogens with zero attached hydrogens (tertiary/aromatic N) is 4. The van der Waals surface area contributed by atoms with E-state index in [1.807, 2.05) is 0 Å². The molecule has 0 atom stereocenters. The Morgan fingerprint density at radius 2 is 1.67 bits per heavy atom. The number of aromatic amines is 1. The van der Waals surface area contributed by atoms with Crippen LogP contribution in [0.25, 0.3) is 22.2 Å². The Morgan fingerprint density at radius 3 is 2.36 bits per heavy atom. The van der Waals surface area contributed by atoms with Crippen LogP contribution in [-0.2, 0) is 6.54 Å². The van der Waals surface area contributed by atoms with Crippen molar-refractivity contribution in [2.75, 3.05) is 44.2 Å². The van der Waals surface area contributed by atoms with Gasteiger partial charge in [-0.3, -0.25) is 14.8 Å². The second kappa shape index (κ2) is 8.75. The summed E-state index contributed by atoms with van der Waals surface area (Å²) in [5, 5.41) is 11.0. The molecule has 3 aromatic rings. The maximum Gasteiger partial charge on any atom is 0.0799 e. The van der Waals surface area contributed by atoms with Crippen LogP contribution in [0.15, 0.2) is 36.4 Å². The molecule has 1 saturated carbocycles. The Hall–Kier alpha value is -2.41. The van der Waals surface area contributed by atoms with Gasteiger partial charge in [0.2, 0.25) is 0 Å². The second-order valence-corrected chi connectivity index (χ2v) is 10.2. The molecule has 1 aromatic carbocycles. The highest BCUT2D eigenvalue weighted by Gasteiger charge is 2.31. The number of aromatic nitrogens is 2. The van der Waals surface area contributed by atoms with Gasteiger partial charge in [-0.1, -0.05) is 12.1 Å². The summed E-state index contributed by atoms with van der Waals surface area (Å²) >= 11 is 0. The van der Waals surface area contributed by atoms with E-state index in [0.717, 1.165) is 68.5 Å². The second-order valence-electron chi connectivity index (χ2n) is 10.2. The molecule has 0 radical (unpaired) electrons. The van der Waals surface area contributed by atoms with Crippen molar-refractivity contribution in [2.24, 2.45) is 0 Å². The van der Waals surface area contributed by atoms with Crippen LogP contribution in [0.1, 0.15) is 37.1 Å². The third-order valence-corrected chi connectivity index (χ3v) is 7.63. The van der Waals surface area contributed by atoms with Gasteiger partial charge in [0, 0.05) is 85.4 Å². The van der Waals surface area contributed by atoms with Gasteiger partial charge in [-0.05, 0) is 56.9 Å². The van der Waals surface area contributed by atoms with Crippen molar-refractivity contribution >= 4 is 16.6 Å². The summed E-state index contributed by atoms with van der Waals surface area (Å²) in [7, 11) is 0. The largest absolute Gasteiger partial charge is 0.393 e. The number of piperazine rings is 1. The summed E-state index contributed by atoms with van der Waals surface area (Å²) in [6.45, 7) is 9.50. The molecule has 174 valence electrons. The number of aryl methyl sites for hydroxylation is 1. The van der Waals surface area contributed by atoms with Gasteiger partial charge < -0.3 is 15.0 Å². The van der Waals surface area contributed by atoms with E-state index in [1.54, 1.807) is 0 Å². The average Bonchev–Trinajstić information content (AvgIpc) is 3.61. The topological polar surface area (TPSA) is 58.6 Å². The standard InChI is InChI=1S/C27H35N5O/c1-19-16-26-25(17-21(29-26)18-30-10-8-24(33)9-11-30)27(28-19)20-2-4-22(5-3-20)31-12-14-32(15-13-31)23-6-7-23/h2-5,16-17,23-24,29,33H,6-15,18H2,1H3. The zero-order valence-corrected chi connectivity index (χ0v) is 19.6. The molecule has 6 heteroatoms. The number of hydrogen-bond acceptors (Lipinski definition) is 5. The van der Waals surface area contributed by atoms with Crippen molar-refractivity contribution in [3.63, 3.8) is 0 Å². The van der Waals surface area contributed by atoms with E-state index in [2.05, 4.69) is 63.0 Å². The molecule has 6 rings (SSSR count). The van der Waals surface area contributed by atoms with Crippen LogP contribution in [0.3, 0.4) is 0 Å². The Kier molecular flexibility index (Phi) is 5.60. The minimum Gasteiger partial charge on any atom is -0.393 e. The van der Waals surface area contributed by atoms with Gasteiger partial charge in [0.25, 0.3) is 0 Å². The number of benzene rings is 1. The van der Waals surface area contributed by atoms with Crippen LogP contribution in [0, 0.1) is 6.92 Å². The molecule has 2 aliphatic heterocycles. The fourth-order valence-corrected chi connectivity index (χ4v) is 5.55. The van der Waals surface area contributed by atoms with E-state index in [4.69, 9.17) is 4.98 Å². The molecule has 4 heterocycles. The van der Waals surface area contributed by atoms with Gasteiger partial charge in [0.05, 0.1) is 11.8 Å². The number of likely N-dealkylation sites (tertiary alicyclic amines) is 1. The molecule has 0 amide bonds. The molecule has 0 unspecified atom stereocenters.